The highest BCUT2D eigenvalue weighted by molar-refractivity contribution is 5.90. The van der Waals surface area contributed by atoms with Crippen molar-refractivity contribution >= 4 is 11.9 Å². The van der Waals surface area contributed by atoms with Crippen molar-refractivity contribution in [2.24, 2.45) is 0 Å². The molecule has 1 heterocycles. The number of methoxy groups -OCH3 is 1. The van der Waals surface area contributed by atoms with Gasteiger partial charge in [-0.2, -0.15) is 0 Å². The zero-order valence-electron chi connectivity index (χ0n) is 11.5. The van der Waals surface area contributed by atoms with Crippen LogP contribution in [0.5, 0.6) is 0 Å². The topological polar surface area (TPSA) is 69.0 Å². The Hall–Kier alpha value is -1.82. The van der Waals surface area contributed by atoms with Crippen molar-refractivity contribution in [2.75, 3.05) is 26.8 Å². The third-order valence-corrected chi connectivity index (χ3v) is 2.64. The predicted molar refractivity (Wildman–Crippen MR) is 67.6 cm³/mol. The lowest BCUT2D eigenvalue weighted by atomic mass is 10.2. The molecule has 0 amide bonds. The molecule has 19 heavy (non-hydrogen) atoms. The summed E-state index contributed by atoms with van der Waals surface area (Å²) >= 11 is 0. The molecule has 0 atom stereocenters. The Kier molecular flexibility index (Phi) is 6.08. The monoisotopic (exact) mass is 269 g/mol. The second-order valence-electron chi connectivity index (χ2n) is 3.86. The maximum Gasteiger partial charge on any atom is 0.341 e. The van der Waals surface area contributed by atoms with Crippen LogP contribution in [0.2, 0.25) is 0 Å². The van der Waals surface area contributed by atoms with Crippen LogP contribution < -0.4 is 0 Å². The normalized spacial score (nSPS) is 10.5. The van der Waals surface area contributed by atoms with Gasteiger partial charge in [-0.15, -0.1) is 0 Å². The minimum Gasteiger partial charge on any atom is -0.468 e. The van der Waals surface area contributed by atoms with E-state index < -0.39 is 5.97 Å². The first-order valence-corrected chi connectivity index (χ1v) is 6.15. The molecule has 0 aliphatic heterocycles. The fourth-order valence-electron chi connectivity index (χ4n) is 1.58. The summed E-state index contributed by atoms with van der Waals surface area (Å²) in [6, 6.07) is 1.57. The standard InChI is InChI=1S/C13H19NO5/c1-4-14(9-12(15)17-3)8-11-10(6-7-19-11)13(16)18-5-2/h6-7H,4-5,8-9H2,1-3H3. The predicted octanol–water partition coefficient (Wildman–Crippen LogP) is 1.45. The zero-order valence-corrected chi connectivity index (χ0v) is 11.5. The van der Waals surface area contributed by atoms with E-state index >= 15 is 0 Å². The molecule has 0 bridgehead atoms. The highest BCUT2D eigenvalue weighted by Crippen LogP contribution is 2.14. The number of likely N-dealkylation sites (N-methyl/N-ethyl adjacent to an activating group) is 1. The average molecular weight is 269 g/mol. The van der Waals surface area contributed by atoms with Crippen molar-refractivity contribution in [1.82, 2.24) is 4.90 Å². The summed E-state index contributed by atoms with van der Waals surface area (Å²) in [5.41, 5.74) is 0.394. The van der Waals surface area contributed by atoms with E-state index in [-0.39, 0.29) is 12.5 Å². The van der Waals surface area contributed by atoms with E-state index in [2.05, 4.69) is 4.74 Å². The summed E-state index contributed by atoms with van der Waals surface area (Å²) in [6.07, 6.45) is 1.44. The van der Waals surface area contributed by atoms with Gasteiger partial charge in [-0.3, -0.25) is 9.69 Å². The van der Waals surface area contributed by atoms with Crippen molar-refractivity contribution in [3.05, 3.63) is 23.7 Å². The molecule has 0 aromatic carbocycles. The van der Waals surface area contributed by atoms with Crippen molar-refractivity contribution in [3.8, 4) is 0 Å². The van der Waals surface area contributed by atoms with Crippen molar-refractivity contribution in [3.63, 3.8) is 0 Å². The van der Waals surface area contributed by atoms with Gasteiger partial charge in [-0.05, 0) is 19.5 Å². The molecule has 0 fully saturated rings. The van der Waals surface area contributed by atoms with Crippen LogP contribution in [0.4, 0.5) is 0 Å². The van der Waals surface area contributed by atoms with Crippen LogP contribution in [0, 0.1) is 0 Å². The Morgan fingerprint density at radius 3 is 2.68 bits per heavy atom. The Labute approximate surface area is 112 Å². The fourth-order valence-corrected chi connectivity index (χ4v) is 1.58. The summed E-state index contributed by atoms with van der Waals surface area (Å²) in [7, 11) is 1.34. The molecular formula is C13H19NO5. The number of furan rings is 1. The molecular weight excluding hydrogens is 250 g/mol. The van der Waals surface area contributed by atoms with Gasteiger partial charge in [0.1, 0.15) is 11.3 Å². The van der Waals surface area contributed by atoms with Gasteiger partial charge >= 0.3 is 11.9 Å². The number of carbonyl (C=O) groups is 2. The van der Waals surface area contributed by atoms with Gasteiger partial charge in [0.05, 0.1) is 33.1 Å². The second-order valence-corrected chi connectivity index (χ2v) is 3.86. The molecule has 6 nitrogen and oxygen atoms in total. The number of hydrogen-bond donors (Lipinski definition) is 0. The largest absolute Gasteiger partial charge is 0.468 e. The number of carbonyl (C=O) groups excluding carboxylic acids is 2. The highest BCUT2D eigenvalue weighted by Gasteiger charge is 2.19. The molecule has 1 rings (SSSR count). The van der Waals surface area contributed by atoms with E-state index in [1.165, 1.54) is 13.4 Å². The van der Waals surface area contributed by atoms with Crippen LogP contribution in [-0.4, -0.2) is 43.6 Å². The molecule has 0 aliphatic rings. The molecule has 0 saturated carbocycles. The summed E-state index contributed by atoms with van der Waals surface area (Å²) < 4.78 is 14.8. The number of hydrogen-bond acceptors (Lipinski definition) is 6. The van der Waals surface area contributed by atoms with E-state index in [0.29, 0.717) is 31.0 Å². The van der Waals surface area contributed by atoms with Gasteiger partial charge < -0.3 is 13.9 Å². The molecule has 0 N–H and O–H groups in total. The van der Waals surface area contributed by atoms with E-state index in [1.54, 1.807) is 13.0 Å². The van der Waals surface area contributed by atoms with Gasteiger partial charge in [0.15, 0.2) is 0 Å². The van der Waals surface area contributed by atoms with Gasteiger partial charge in [0.25, 0.3) is 0 Å². The first-order chi connectivity index (χ1) is 9.12. The minimum absolute atomic E-state index is 0.149. The number of esters is 2. The van der Waals surface area contributed by atoms with Crippen LogP contribution in [-0.2, 0) is 20.8 Å². The van der Waals surface area contributed by atoms with E-state index in [0.717, 1.165) is 0 Å². The molecule has 0 saturated heterocycles. The van der Waals surface area contributed by atoms with Gasteiger partial charge in [-0.1, -0.05) is 6.92 Å². The lowest BCUT2D eigenvalue weighted by molar-refractivity contribution is -0.142. The SMILES string of the molecule is CCOC(=O)c1ccoc1CN(CC)CC(=O)OC. The van der Waals surface area contributed by atoms with Gasteiger partial charge in [-0.25, -0.2) is 4.79 Å². The maximum absolute atomic E-state index is 11.7. The Morgan fingerprint density at radius 1 is 1.37 bits per heavy atom. The lowest BCUT2D eigenvalue weighted by Crippen LogP contribution is -2.30. The van der Waals surface area contributed by atoms with Crippen molar-refractivity contribution in [2.45, 2.75) is 20.4 Å². The van der Waals surface area contributed by atoms with Crippen LogP contribution >= 0.6 is 0 Å². The van der Waals surface area contributed by atoms with Crippen LogP contribution in [0.15, 0.2) is 16.7 Å². The van der Waals surface area contributed by atoms with Crippen LogP contribution in [0.25, 0.3) is 0 Å². The maximum atomic E-state index is 11.7. The van der Waals surface area contributed by atoms with E-state index in [9.17, 15) is 9.59 Å². The average Bonchev–Trinajstić information content (AvgIpc) is 2.86. The number of rotatable bonds is 7. The summed E-state index contributed by atoms with van der Waals surface area (Å²) in [4.78, 5) is 24.7. The molecule has 6 heteroatoms. The van der Waals surface area contributed by atoms with Crippen LogP contribution in [0.1, 0.15) is 30.0 Å². The van der Waals surface area contributed by atoms with Crippen LogP contribution in [0.3, 0.4) is 0 Å². The molecule has 0 unspecified atom stereocenters. The van der Waals surface area contributed by atoms with Gasteiger partial charge in [0.2, 0.25) is 0 Å². The zero-order chi connectivity index (χ0) is 14.3. The minimum atomic E-state index is -0.416. The molecule has 106 valence electrons. The Bertz CT molecular complexity index is 426. The molecule has 0 spiro atoms. The lowest BCUT2D eigenvalue weighted by Gasteiger charge is -2.17. The Balaban J connectivity index is 2.72. The fraction of sp³-hybridized carbons (Fsp3) is 0.538. The summed E-state index contributed by atoms with van der Waals surface area (Å²) in [5.74, 6) is -0.254. The third-order valence-electron chi connectivity index (χ3n) is 2.64. The van der Waals surface area contributed by atoms with Crippen molar-refractivity contribution < 1.29 is 23.5 Å². The van der Waals surface area contributed by atoms with E-state index in [4.69, 9.17) is 9.15 Å². The molecule has 1 aromatic heterocycles. The summed E-state index contributed by atoms with van der Waals surface area (Å²) in [5, 5.41) is 0. The Morgan fingerprint density at radius 2 is 2.11 bits per heavy atom. The highest BCUT2D eigenvalue weighted by atomic mass is 16.5. The quantitative estimate of drug-likeness (QED) is 0.698. The van der Waals surface area contributed by atoms with E-state index in [1.807, 2.05) is 11.8 Å². The molecule has 1 aromatic rings. The third kappa shape index (κ3) is 4.40. The number of ether oxygens (including phenoxy) is 2. The van der Waals surface area contributed by atoms with Crippen molar-refractivity contribution in [1.29, 1.82) is 0 Å². The van der Waals surface area contributed by atoms with Gasteiger partial charge in [0, 0.05) is 0 Å². The second kappa shape index (κ2) is 7.58. The summed E-state index contributed by atoms with van der Waals surface area (Å²) in [6.45, 7) is 5.10. The molecule has 0 radical (unpaired) electrons. The smallest absolute Gasteiger partial charge is 0.341 e. The molecule has 0 aliphatic carbocycles. The first-order valence-electron chi connectivity index (χ1n) is 6.15. The number of nitrogens with zero attached hydrogens (tertiary/aromatic N) is 1. The first kappa shape index (κ1) is 15.2.